The van der Waals surface area contributed by atoms with Crippen molar-refractivity contribution in [3.63, 3.8) is 0 Å². The van der Waals surface area contributed by atoms with E-state index in [1.807, 2.05) is 60.4 Å². The lowest BCUT2D eigenvalue weighted by Crippen LogP contribution is -2.72. The fourth-order valence-electron chi connectivity index (χ4n) is 4.79. The first-order valence-corrected chi connectivity index (χ1v) is 10.4. The molecule has 0 saturated carbocycles. The fourth-order valence-corrected chi connectivity index (χ4v) is 5.20. The van der Waals surface area contributed by atoms with Gasteiger partial charge in [-0.05, 0) is 48.1 Å². The van der Waals surface area contributed by atoms with E-state index in [1.165, 1.54) is 0 Å². The number of carbonyl (C=O) groups excluding carboxylic acids is 1. The van der Waals surface area contributed by atoms with Crippen molar-refractivity contribution in [2.45, 2.75) is 18.7 Å². The van der Waals surface area contributed by atoms with Crippen molar-refractivity contribution in [2.75, 3.05) is 19.0 Å². The zero-order valence-corrected chi connectivity index (χ0v) is 17.9. The maximum atomic E-state index is 13.5. The molecule has 6 heteroatoms. The van der Waals surface area contributed by atoms with Crippen LogP contribution in [0.3, 0.4) is 0 Å². The third kappa shape index (κ3) is 2.60. The number of carbonyl (C=O) groups is 1. The van der Waals surface area contributed by atoms with Gasteiger partial charge in [0.2, 0.25) is 5.91 Å². The van der Waals surface area contributed by atoms with Crippen molar-refractivity contribution in [3.8, 4) is 5.75 Å². The molecule has 30 heavy (non-hydrogen) atoms. The molecular weight excluding hydrogens is 394 g/mol. The first-order valence-electron chi connectivity index (χ1n) is 9.99. The Kier molecular flexibility index (Phi) is 4.22. The predicted octanol–water partition coefficient (Wildman–Crippen LogP) is 4.09. The molecule has 1 saturated heterocycles. The summed E-state index contributed by atoms with van der Waals surface area (Å²) in [6.45, 7) is 1.96. The van der Waals surface area contributed by atoms with E-state index >= 15 is 0 Å². The molecule has 3 aromatic carbocycles. The second-order valence-electron chi connectivity index (χ2n) is 8.16. The first kappa shape index (κ1) is 18.9. The van der Waals surface area contributed by atoms with Gasteiger partial charge in [-0.2, -0.15) is 0 Å². The van der Waals surface area contributed by atoms with Crippen LogP contribution in [0.5, 0.6) is 5.75 Å². The highest BCUT2D eigenvalue weighted by Crippen LogP contribution is 2.51. The Morgan fingerprint density at radius 1 is 1.07 bits per heavy atom. The van der Waals surface area contributed by atoms with Gasteiger partial charge in [0.1, 0.15) is 11.7 Å². The summed E-state index contributed by atoms with van der Waals surface area (Å²) in [5.41, 5.74) is 0.906. The van der Waals surface area contributed by atoms with Crippen molar-refractivity contribution < 1.29 is 9.53 Å². The van der Waals surface area contributed by atoms with Gasteiger partial charge < -0.3 is 15.0 Å². The zero-order chi connectivity index (χ0) is 21.0. The number of amides is 1. The standard InChI is InChI=1S/C24H23N3O2S/c1-24-20(22(28)26(2)3)21(25-23(30)27(24)16-10-5-4-6-11-16)19-17-12-8-7-9-15(17)13-14-18(19)29-24/h4-14,20-21H,1-3H3,(H,25,30). The van der Waals surface area contributed by atoms with Crippen LogP contribution in [0.25, 0.3) is 10.8 Å². The smallest absolute Gasteiger partial charge is 0.233 e. The van der Waals surface area contributed by atoms with Gasteiger partial charge in [0.05, 0.1) is 6.04 Å². The molecule has 5 rings (SSSR count). The van der Waals surface area contributed by atoms with Gasteiger partial charge in [0.15, 0.2) is 10.8 Å². The van der Waals surface area contributed by atoms with Gasteiger partial charge in [-0.15, -0.1) is 0 Å². The SMILES string of the molecule is CN(C)C(=O)C1C2NC(=S)N(c3ccccc3)C1(C)Oc1ccc3ccccc3c12. The number of thiocarbonyl (C=S) groups is 1. The molecule has 2 bridgehead atoms. The van der Waals surface area contributed by atoms with Crippen molar-refractivity contribution in [1.29, 1.82) is 0 Å². The number of hydrogen-bond donors (Lipinski definition) is 1. The fraction of sp³-hybridized carbons (Fsp3) is 0.250. The largest absolute Gasteiger partial charge is 0.466 e. The summed E-state index contributed by atoms with van der Waals surface area (Å²) in [5, 5.41) is 6.22. The summed E-state index contributed by atoms with van der Waals surface area (Å²) >= 11 is 5.80. The van der Waals surface area contributed by atoms with Crippen molar-refractivity contribution in [3.05, 3.63) is 72.3 Å². The van der Waals surface area contributed by atoms with Gasteiger partial charge >= 0.3 is 0 Å². The van der Waals surface area contributed by atoms with E-state index in [9.17, 15) is 4.79 Å². The monoisotopic (exact) mass is 417 g/mol. The first-order chi connectivity index (χ1) is 14.4. The van der Waals surface area contributed by atoms with E-state index in [4.69, 9.17) is 17.0 Å². The van der Waals surface area contributed by atoms with Gasteiger partial charge in [-0.3, -0.25) is 9.69 Å². The molecule has 0 spiro atoms. The predicted molar refractivity (Wildman–Crippen MR) is 123 cm³/mol. The van der Waals surface area contributed by atoms with Crippen LogP contribution in [0.15, 0.2) is 66.7 Å². The number of hydrogen-bond acceptors (Lipinski definition) is 3. The average Bonchev–Trinajstić information content (AvgIpc) is 2.73. The van der Waals surface area contributed by atoms with Gasteiger partial charge in [-0.25, -0.2) is 0 Å². The quantitative estimate of drug-likeness (QED) is 0.637. The summed E-state index contributed by atoms with van der Waals surface area (Å²) in [7, 11) is 3.57. The summed E-state index contributed by atoms with van der Waals surface area (Å²) < 4.78 is 6.67. The molecular formula is C24H23N3O2S. The van der Waals surface area contributed by atoms with Gasteiger partial charge in [0.25, 0.3) is 0 Å². The highest BCUT2D eigenvalue weighted by atomic mass is 32.1. The highest BCUT2D eigenvalue weighted by Gasteiger charge is 2.59. The summed E-state index contributed by atoms with van der Waals surface area (Å²) in [6, 6.07) is 21.8. The topological polar surface area (TPSA) is 44.8 Å². The number of ether oxygens (including phenoxy) is 1. The van der Waals surface area contributed by atoms with Crippen LogP contribution < -0.4 is 15.0 Å². The lowest BCUT2D eigenvalue weighted by molar-refractivity contribution is -0.144. The maximum absolute atomic E-state index is 13.5. The Morgan fingerprint density at radius 3 is 2.50 bits per heavy atom. The molecule has 1 N–H and O–H groups in total. The normalized spacial score (nSPS) is 24.6. The molecule has 0 aliphatic carbocycles. The third-order valence-electron chi connectivity index (χ3n) is 6.12. The Hall–Kier alpha value is -3.12. The molecule has 3 aromatic rings. The molecule has 2 heterocycles. The van der Waals surface area contributed by atoms with Gasteiger partial charge in [0, 0.05) is 25.3 Å². The van der Waals surface area contributed by atoms with E-state index in [-0.39, 0.29) is 11.9 Å². The molecule has 0 radical (unpaired) electrons. The number of benzene rings is 3. The highest BCUT2D eigenvalue weighted by molar-refractivity contribution is 7.80. The molecule has 3 atom stereocenters. The average molecular weight is 418 g/mol. The second kappa shape index (κ2) is 6.71. The lowest BCUT2D eigenvalue weighted by atomic mass is 9.77. The van der Waals surface area contributed by atoms with Crippen LogP contribution in [-0.4, -0.2) is 35.7 Å². The van der Waals surface area contributed by atoms with Crippen LogP contribution in [-0.2, 0) is 4.79 Å². The van der Waals surface area contributed by atoms with Crippen LogP contribution in [0.4, 0.5) is 5.69 Å². The number of nitrogens with one attached hydrogen (secondary N) is 1. The minimum atomic E-state index is -0.967. The van der Waals surface area contributed by atoms with E-state index in [0.29, 0.717) is 5.11 Å². The van der Waals surface area contributed by atoms with Crippen LogP contribution in [0, 0.1) is 5.92 Å². The molecule has 2 aliphatic heterocycles. The number of fused-ring (bicyclic) bond motifs is 6. The Morgan fingerprint density at radius 2 is 1.77 bits per heavy atom. The molecule has 3 unspecified atom stereocenters. The molecule has 0 aromatic heterocycles. The van der Waals surface area contributed by atoms with E-state index in [1.54, 1.807) is 19.0 Å². The second-order valence-corrected chi connectivity index (χ2v) is 8.55. The van der Waals surface area contributed by atoms with E-state index < -0.39 is 11.6 Å². The number of anilines is 1. The van der Waals surface area contributed by atoms with Gasteiger partial charge in [-0.1, -0.05) is 48.5 Å². The Labute approximate surface area is 181 Å². The third-order valence-corrected chi connectivity index (χ3v) is 6.42. The minimum absolute atomic E-state index is 0.00276. The van der Waals surface area contributed by atoms with Crippen molar-refractivity contribution >= 4 is 39.7 Å². The molecule has 5 nitrogen and oxygen atoms in total. The number of nitrogens with zero attached hydrogens (tertiary/aromatic N) is 2. The summed E-state index contributed by atoms with van der Waals surface area (Å²) in [4.78, 5) is 17.0. The van der Waals surface area contributed by atoms with Crippen molar-refractivity contribution in [1.82, 2.24) is 10.2 Å². The van der Waals surface area contributed by atoms with Crippen LogP contribution in [0.1, 0.15) is 18.5 Å². The van der Waals surface area contributed by atoms with Crippen LogP contribution >= 0.6 is 12.2 Å². The molecule has 1 fully saturated rings. The Bertz CT molecular complexity index is 1160. The summed E-state index contributed by atoms with van der Waals surface area (Å²) in [6.07, 6.45) is 0. The minimum Gasteiger partial charge on any atom is -0.466 e. The van der Waals surface area contributed by atoms with E-state index in [0.717, 1.165) is 27.8 Å². The Balaban J connectivity index is 1.77. The molecule has 2 aliphatic rings. The summed E-state index contributed by atoms with van der Waals surface area (Å²) in [5.74, 6) is 0.287. The molecule has 152 valence electrons. The molecule has 1 amide bonds. The van der Waals surface area contributed by atoms with Crippen molar-refractivity contribution in [2.24, 2.45) is 5.92 Å². The van der Waals surface area contributed by atoms with E-state index in [2.05, 4.69) is 23.5 Å². The lowest BCUT2D eigenvalue weighted by Gasteiger charge is -2.56. The maximum Gasteiger partial charge on any atom is 0.233 e. The van der Waals surface area contributed by atoms with Crippen LogP contribution in [0.2, 0.25) is 0 Å². The number of rotatable bonds is 2. The number of para-hydroxylation sites is 1. The zero-order valence-electron chi connectivity index (χ0n) is 17.1.